The molecule has 0 aliphatic rings. The number of amides is 1. The van der Waals surface area contributed by atoms with E-state index in [1.807, 2.05) is 20.8 Å². The Kier molecular flexibility index (Phi) is 6.54. The number of hydrogen-bond donors (Lipinski definition) is 2. The summed E-state index contributed by atoms with van der Waals surface area (Å²) in [5, 5.41) is 0. The first-order valence-electron chi connectivity index (χ1n) is 4.73. The SMILES string of the molecule is CCC(CN)C(=O)NOCC(C)C. The Labute approximate surface area is 79.8 Å². The van der Waals surface area contributed by atoms with Gasteiger partial charge in [-0.15, -0.1) is 0 Å². The molecule has 0 aromatic rings. The van der Waals surface area contributed by atoms with Crippen LogP contribution in [0.1, 0.15) is 27.2 Å². The van der Waals surface area contributed by atoms with Crippen molar-refractivity contribution in [1.29, 1.82) is 0 Å². The fourth-order valence-electron chi connectivity index (χ4n) is 0.822. The van der Waals surface area contributed by atoms with Crippen molar-refractivity contribution < 1.29 is 9.63 Å². The first-order chi connectivity index (χ1) is 6.11. The highest BCUT2D eigenvalue weighted by molar-refractivity contribution is 5.77. The van der Waals surface area contributed by atoms with Crippen LogP contribution in [-0.2, 0) is 9.63 Å². The number of carbonyl (C=O) groups excluding carboxylic acids is 1. The molecule has 1 atom stereocenters. The average molecular weight is 188 g/mol. The first kappa shape index (κ1) is 12.4. The standard InChI is InChI=1S/C9H20N2O2/c1-4-8(5-10)9(12)11-13-6-7(2)3/h7-8H,4-6,10H2,1-3H3,(H,11,12). The van der Waals surface area contributed by atoms with Crippen LogP contribution in [0.5, 0.6) is 0 Å². The lowest BCUT2D eigenvalue weighted by atomic mass is 10.1. The molecular weight excluding hydrogens is 168 g/mol. The Hall–Kier alpha value is -0.610. The zero-order chi connectivity index (χ0) is 10.3. The second-order valence-corrected chi connectivity index (χ2v) is 3.51. The van der Waals surface area contributed by atoms with E-state index in [1.165, 1.54) is 0 Å². The topological polar surface area (TPSA) is 64.4 Å². The molecule has 0 aliphatic carbocycles. The molecule has 0 aromatic carbocycles. The lowest BCUT2D eigenvalue weighted by Crippen LogP contribution is -2.35. The summed E-state index contributed by atoms with van der Waals surface area (Å²) in [6.45, 7) is 6.87. The molecule has 0 saturated carbocycles. The minimum atomic E-state index is -0.132. The Morgan fingerprint density at radius 2 is 2.15 bits per heavy atom. The fraction of sp³-hybridized carbons (Fsp3) is 0.889. The number of carbonyl (C=O) groups is 1. The van der Waals surface area contributed by atoms with E-state index in [-0.39, 0.29) is 11.8 Å². The van der Waals surface area contributed by atoms with E-state index < -0.39 is 0 Å². The molecule has 0 saturated heterocycles. The van der Waals surface area contributed by atoms with Gasteiger partial charge in [0.15, 0.2) is 0 Å². The van der Waals surface area contributed by atoms with Crippen molar-refractivity contribution in [2.24, 2.45) is 17.6 Å². The molecule has 78 valence electrons. The molecule has 4 nitrogen and oxygen atoms in total. The van der Waals surface area contributed by atoms with Gasteiger partial charge < -0.3 is 5.73 Å². The Balaban J connectivity index is 3.60. The van der Waals surface area contributed by atoms with E-state index in [1.54, 1.807) is 0 Å². The lowest BCUT2D eigenvalue weighted by Gasteiger charge is -2.13. The van der Waals surface area contributed by atoms with Crippen LogP contribution in [0.4, 0.5) is 0 Å². The number of rotatable bonds is 6. The maximum Gasteiger partial charge on any atom is 0.247 e. The summed E-state index contributed by atoms with van der Waals surface area (Å²) in [6.07, 6.45) is 0.743. The molecule has 3 N–H and O–H groups in total. The quantitative estimate of drug-likeness (QED) is 0.602. The van der Waals surface area contributed by atoms with Crippen molar-refractivity contribution in [3.05, 3.63) is 0 Å². The molecule has 0 aliphatic heterocycles. The zero-order valence-corrected chi connectivity index (χ0v) is 8.67. The molecule has 4 heteroatoms. The minimum Gasteiger partial charge on any atom is -0.330 e. The van der Waals surface area contributed by atoms with Gasteiger partial charge in [0.25, 0.3) is 0 Å². The molecular formula is C9H20N2O2. The van der Waals surface area contributed by atoms with Gasteiger partial charge in [-0.05, 0) is 12.3 Å². The number of nitrogens with two attached hydrogens (primary N) is 1. The third-order valence-corrected chi connectivity index (χ3v) is 1.74. The predicted molar refractivity (Wildman–Crippen MR) is 51.8 cm³/mol. The van der Waals surface area contributed by atoms with Gasteiger partial charge in [-0.2, -0.15) is 0 Å². The third-order valence-electron chi connectivity index (χ3n) is 1.74. The Bertz CT molecular complexity index is 145. The highest BCUT2D eigenvalue weighted by Gasteiger charge is 2.13. The van der Waals surface area contributed by atoms with E-state index in [4.69, 9.17) is 10.6 Å². The second kappa shape index (κ2) is 6.86. The van der Waals surface area contributed by atoms with Crippen LogP contribution >= 0.6 is 0 Å². The molecule has 0 fully saturated rings. The van der Waals surface area contributed by atoms with Gasteiger partial charge in [0.2, 0.25) is 5.91 Å². The van der Waals surface area contributed by atoms with E-state index in [0.717, 1.165) is 6.42 Å². The predicted octanol–water partition coefficient (Wildman–Crippen LogP) is 0.675. The smallest absolute Gasteiger partial charge is 0.247 e. The molecule has 0 radical (unpaired) electrons. The monoisotopic (exact) mass is 188 g/mol. The molecule has 1 unspecified atom stereocenters. The van der Waals surface area contributed by atoms with Crippen molar-refractivity contribution >= 4 is 5.91 Å². The van der Waals surface area contributed by atoms with Crippen LogP contribution in [0.25, 0.3) is 0 Å². The molecule has 0 spiro atoms. The van der Waals surface area contributed by atoms with Gasteiger partial charge in [0.1, 0.15) is 0 Å². The van der Waals surface area contributed by atoms with Gasteiger partial charge in [-0.1, -0.05) is 20.8 Å². The molecule has 13 heavy (non-hydrogen) atoms. The van der Waals surface area contributed by atoms with Crippen molar-refractivity contribution in [2.45, 2.75) is 27.2 Å². The number of hydrogen-bond acceptors (Lipinski definition) is 3. The van der Waals surface area contributed by atoms with Crippen molar-refractivity contribution in [3.63, 3.8) is 0 Å². The third kappa shape index (κ3) is 5.60. The molecule has 0 aromatic heterocycles. The summed E-state index contributed by atoms with van der Waals surface area (Å²) in [4.78, 5) is 16.3. The van der Waals surface area contributed by atoms with Crippen molar-refractivity contribution in [3.8, 4) is 0 Å². The summed E-state index contributed by atoms with van der Waals surface area (Å²) in [5.41, 5.74) is 7.80. The molecule has 0 heterocycles. The number of hydroxylamine groups is 1. The molecule has 0 bridgehead atoms. The van der Waals surface area contributed by atoms with Crippen LogP contribution in [0.2, 0.25) is 0 Å². The van der Waals surface area contributed by atoms with Gasteiger partial charge in [-0.3, -0.25) is 9.63 Å². The number of nitrogens with one attached hydrogen (secondary N) is 1. The first-order valence-corrected chi connectivity index (χ1v) is 4.73. The van der Waals surface area contributed by atoms with Gasteiger partial charge >= 0.3 is 0 Å². The molecule has 1 amide bonds. The Morgan fingerprint density at radius 3 is 2.54 bits per heavy atom. The van der Waals surface area contributed by atoms with E-state index in [0.29, 0.717) is 19.1 Å². The highest BCUT2D eigenvalue weighted by Crippen LogP contribution is 1.99. The molecule has 0 rings (SSSR count). The largest absolute Gasteiger partial charge is 0.330 e. The fourth-order valence-corrected chi connectivity index (χ4v) is 0.822. The van der Waals surface area contributed by atoms with E-state index in [2.05, 4.69) is 5.48 Å². The highest BCUT2D eigenvalue weighted by atomic mass is 16.6. The van der Waals surface area contributed by atoms with Crippen LogP contribution in [-0.4, -0.2) is 19.1 Å². The maximum atomic E-state index is 11.3. The van der Waals surface area contributed by atoms with Crippen molar-refractivity contribution in [1.82, 2.24) is 5.48 Å². The van der Waals surface area contributed by atoms with Crippen LogP contribution in [0.3, 0.4) is 0 Å². The van der Waals surface area contributed by atoms with E-state index in [9.17, 15) is 4.79 Å². The van der Waals surface area contributed by atoms with Gasteiger partial charge in [-0.25, -0.2) is 5.48 Å². The summed E-state index contributed by atoms with van der Waals surface area (Å²) in [5.74, 6) is 0.163. The van der Waals surface area contributed by atoms with Gasteiger partial charge in [0.05, 0.1) is 12.5 Å². The zero-order valence-electron chi connectivity index (χ0n) is 8.67. The average Bonchev–Trinajstić information content (AvgIpc) is 2.05. The van der Waals surface area contributed by atoms with Crippen LogP contribution in [0, 0.1) is 11.8 Å². The second-order valence-electron chi connectivity index (χ2n) is 3.51. The maximum absolute atomic E-state index is 11.3. The summed E-state index contributed by atoms with van der Waals surface area (Å²) in [7, 11) is 0. The van der Waals surface area contributed by atoms with Crippen LogP contribution < -0.4 is 11.2 Å². The minimum absolute atomic E-state index is 0.120. The lowest BCUT2D eigenvalue weighted by molar-refractivity contribution is -0.138. The van der Waals surface area contributed by atoms with Crippen molar-refractivity contribution in [2.75, 3.05) is 13.2 Å². The Morgan fingerprint density at radius 1 is 1.54 bits per heavy atom. The summed E-state index contributed by atoms with van der Waals surface area (Å²) >= 11 is 0. The van der Waals surface area contributed by atoms with E-state index >= 15 is 0 Å². The normalized spacial score (nSPS) is 13.0. The van der Waals surface area contributed by atoms with Gasteiger partial charge in [0, 0.05) is 6.54 Å². The van der Waals surface area contributed by atoms with Crippen LogP contribution in [0.15, 0.2) is 0 Å². The summed E-state index contributed by atoms with van der Waals surface area (Å²) < 4.78 is 0. The summed E-state index contributed by atoms with van der Waals surface area (Å²) in [6, 6.07) is 0.